The van der Waals surface area contributed by atoms with E-state index >= 15 is 0 Å². The van der Waals surface area contributed by atoms with E-state index < -0.39 is 0 Å². The molecule has 2 fully saturated rings. The number of rotatable bonds is 6. The number of aromatic nitrogens is 1. The monoisotopic (exact) mass is 319 g/mol. The standard InChI is InChI=1S/C18H29N3O2/c1-22-18(7-12-23-13-8-18)15-20-16-5-10-21(11-6-16)14-17-4-2-3-9-19-17/h2-4,9,16,20H,5-8,10-15H2,1H3. The lowest BCUT2D eigenvalue weighted by Crippen LogP contribution is -2.51. The molecule has 2 saturated heterocycles. The van der Waals surface area contributed by atoms with Gasteiger partial charge in [-0.3, -0.25) is 9.88 Å². The molecule has 3 heterocycles. The van der Waals surface area contributed by atoms with Gasteiger partial charge in [-0.2, -0.15) is 0 Å². The fraction of sp³-hybridized carbons (Fsp3) is 0.722. The molecule has 128 valence electrons. The highest BCUT2D eigenvalue weighted by Crippen LogP contribution is 2.24. The molecule has 2 aliphatic rings. The first-order valence-corrected chi connectivity index (χ1v) is 8.78. The van der Waals surface area contributed by atoms with Crippen molar-refractivity contribution in [1.82, 2.24) is 15.2 Å². The Morgan fingerprint density at radius 1 is 1.30 bits per heavy atom. The van der Waals surface area contributed by atoms with E-state index in [0.717, 1.165) is 52.2 Å². The molecule has 3 rings (SSSR count). The van der Waals surface area contributed by atoms with Crippen LogP contribution in [0.5, 0.6) is 0 Å². The summed E-state index contributed by atoms with van der Waals surface area (Å²) in [6, 6.07) is 6.75. The molecule has 0 amide bonds. The van der Waals surface area contributed by atoms with Crippen LogP contribution in [0.2, 0.25) is 0 Å². The average molecular weight is 319 g/mol. The molecule has 2 aliphatic heterocycles. The molecular formula is C18H29N3O2. The van der Waals surface area contributed by atoms with E-state index in [1.807, 2.05) is 19.4 Å². The van der Waals surface area contributed by atoms with E-state index in [1.54, 1.807) is 0 Å². The molecule has 0 atom stereocenters. The van der Waals surface area contributed by atoms with Crippen LogP contribution in [0.15, 0.2) is 24.4 Å². The maximum absolute atomic E-state index is 5.81. The Hall–Kier alpha value is -1.01. The van der Waals surface area contributed by atoms with Crippen molar-refractivity contribution in [3.8, 4) is 0 Å². The summed E-state index contributed by atoms with van der Waals surface area (Å²) >= 11 is 0. The summed E-state index contributed by atoms with van der Waals surface area (Å²) in [4.78, 5) is 6.92. The number of nitrogens with one attached hydrogen (secondary N) is 1. The van der Waals surface area contributed by atoms with Crippen LogP contribution >= 0.6 is 0 Å². The molecule has 0 saturated carbocycles. The number of pyridine rings is 1. The van der Waals surface area contributed by atoms with E-state index in [0.29, 0.717) is 6.04 Å². The van der Waals surface area contributed by atoms with Gasteiger partial charge in [0.15, 0.2) is 0 Å². The van der Waals surface area contributed by atoms with E-state index in [-0.39, 0.29) is 5.60 Å². The Balaban J connectivity index is 1.40. The van der Waals surface area contributed by atoms with Crippen molar-refractivity contribution in [3.63, 3.8) is 0 Å². The first-order valence-electron chi connectivity index (χ1n) is 8.78. The highest BCUT2D eigenvalue weighted by Gasteiger charge is 2.33. The Morgan fingerprint density at radius 2 is 2.09 bits per heavy atom. The van der Waals surface area contributed by atoms with E-state index in [9.17, 15) is 0 Å². The zero-order chi connectivity index (χ0) is 16.0. The third-order valence-electron chi connectivity index (χ3n) is 5.25. The van der Waals surface area contributed by atoms with Gasteiger partial charge in [0.2, 0.25) is 0 Å². The maximum Gasteiger partial charge on any atom is 0.0846 e. The van der Waals surface area contributed by atoms with Gasteiger partial charge in [0.1, 0.15) is 0 Å². The van der Waals surface area contributed by atoms with Gasteiger partial charge in [0.05, 0.1) is 11.3 Å². The number of hydrogen-bond acceptors (Lipinski definition) is 5. The number of likely N-dealkylation sites (tertiary alicyclic amines) is 1. The van der Waals surface area contributed by atoms with Crippen molar-refractivity contribution in [2.75, 3.05) is 40.0 Å². The number of ether oxygens (including phenoxy) is 2. The van der Waals surface area contributed by atoms with Crippen LogP contribution in [0.3, 0.4) is 0 Å². The molecule has 0 aliphatic carbocycles. The normalized spacial score (nSPS) is 23.0. The third kappa shape index (κ3) is 4.73. The van der Waals surface area contributed by atoms with E-state index in [4.69, 9.17) is 9.47 Å². The Labute approximate surface area is 139 Å². The molecule has 0 radical (unpaired) electrons. The topological polar surface area (TPSA) is 46.6 Å². The Kier molecular flexibility index (Phi) is 6.00. The quantitative estimate of drug-likeness (QED) is 0.867. The minimum atomic E-state index is -0.0245. The molecule has 5 nitrogen and oxygen atoms in total. The van der Waals surface area contributed by atoms with Gasteiger partial charge in [-0.25, -0.2) is 0 Å². The van der Waals surface area contributed by atoms with Gasteiger partial charge in [0.25, 0.3) is 0 Å². The van der Waals surface area contributed by atoms with Crippen LogP contribution in [0.1, 0.15) is 31.4 Å². The molecule has 1 aromatic rings. The highest BCUT2D eigenvalue weighted by atomic mass is 16.5. The minimum absolute atomic E-state index is 0.0245. The molecule has 5 heteroatoms. The summed E-state index contributed by atoms with van der Waals surface area (Å²) < 4.78 is 11.3. The second kappa shape index (κ2) is 8.20. The van der Waals surface area contributed by atoms with Crippen LogP contribution < -0.4 is 5.32 Å². The molecule has 0 unspecified atom stereocenters. The summed E-state index contributed by atoms with van der Waals surface area (Å²) in [6.07, 6.45) is 6.26. The van der Waals surface area contributed by atoms with Gasteiger partial charge in [0, 0.05) is 71.6 Å². The zero-order valence-corrected chi connectivity index (χ0v) is 14.2. The lowest BCUT2D eigenvalue weighted by molar-refractivity contribution is -0.0892. The fourth-order valence-electron chi connectivity index (χ4n) is 3.54. The van der Waals surface area contributed by atoms with Crippen molar-refractivity contribution in [2.24, 2.45) is 0 Å². The summed E-state index contributed by atoms with van der Waals surface area (Å²) in [5.41, 5.74) is 1.14. The lowest BCUT2D eigenvalue weighted by atomic mass is 9.93. The van der Waals surface area contributed by atoms with Gasteiger partial charge in [-0.15, -0.1) is 0 Å². The summed E-state index contributed by atoms with van der Waals surface area (Å²) in [5, 5.41) is 3.74. The molecule has 0 aromatic carbocycles. The Bertz CT molecular complexity index is 455. The van der Waals surface area contributed by atoms with Gasteiger partial charge in [-0.1, -0.05) is 6.07 Å². The van der Waals surface area contributed by atoms with Crippen LogP contribution in [0.25, 0.3) is 0 Å². The summed E-state index contributed by atoms with van der Waals surface area (Å²) in [7, 11) is 1.84. The first-order chi connectivity index (χ1) is 11.3. The summed E-state index contributed by atoms with van der Waals surface area (Å²) in [5.74, 6) is 0. The largest absolute Gasteiger partial charge is 0.381 e. The smallest absolute Gasteiger partial charge is 0.0846 e. The average Bonchev–Trinajstić information content (AvgIpc) is 2.63. The van der Waals surface area contributed by atoms with Crippen molar-refractivity contribution in [3.05, 3.63) is 30.1 Å². The molecule has 0 spiro atoms. The van der Waals surface area contributed by atoms with Crippen LogP contribution in [-0.4, -0.2) is 61.5 Å². The van der Waals surface area contributed by atoms with Crippen molar-refractivity contribution >= 4 is 0 Å². The van der Waals surface area contributed by atoms with Crippen LogP contribution in [0, 0.1) is 0 Å². The number of methoxy groups -OCH3 is 1. The fourth-order valence-corrected chi connectivity index (χ4v) is 3.54. The number of hydrogen-bond donors (Lipinski definition) is 1. The van der Waals surface area contributed by atoms with Crippen LogP contribution in [-0.2, 0) is 16.0 Å². The molecule has 1 aromatic heterocycles. The second-order valence-electron chi connectivity index (χ2n) is 6.75. The number of piperidine rings is 1. The van der Waals surface area contributed by atoms with Gasteiger partial charge >= 0.3 is 0 Å². The number of nitrogens with zero attached hydrogens (tertiary/aromatic N) is 2. The predicted octanol–water partition coefficient (Wildman–Crippen LogP) is 1.83. The maximum atomic E-state index is 5.81. The lowest BCUT2D eigenvalue weighted by Gasteiger charge is -2.39. The van der Waals surface area contributed by atoms with E-state index in [1.165, 1.54) is 18.5 Å². The third-order valence-corrected chi connectivity index (χ3v) is 5.25. The van der Waals surface area contributed by atoms with Crippen molar-refractivity contribution in [1.29, 1.82) is 0 Å². The zero-order valence-electron chi connectivity index (χ0n) is 14.2. The van der Waals surface area contributed by atoms with Crippen molar-refractivity contribution in [2.45, 2.75) is 43.9 Å². The highest BCUT2D eigenvalue weighted by molar-refractivity contribution is 5.03. The minimum Gasteiger partial charge on any atom is -0.381 e. The SMILES string of the molecule is COC1(CNC2CCN(Cc3ccccn3)CC2)CCOCC1. The Morgan fingerprint density at radius 3 is 2.74 bits per heavy atom. The molecular weight excluding hydrogens is 290 g/mol. The van der Waals surface area contributed by atoms with E-state index in [2.05, 4.69) is 27.3 Å². The van der Waals surface area contributed by atoms with Gasteiger partial charge < -0.3 is 14.8 Å². The summed E-state index contributed by atoms with van der Waals surface area (Å²) in [6.45, 7) is 5.81. The molecule has 23 heavy (non-hydrogen) atoms. The first kappa shape index (κ1) is 16.8. The van der Waals surface area contributed by atoms with Crippen molar-refractivity contribution < 1.29 is 9.47 Å². The second-order valence-corrected chi connectivity index (χ2v) is 6.75. The molecule has 0 bridgehead atoms. The van der Waals surface area contributed by atoms with Gasteiger partial charge in [-0.05, 0) is 25.0 Å². The predicted molar refractivity (Wildman–Crippen MR) is 90.3 cm³/mol. The molecule has 1 N–H and O–H groups in total. The van der Waals surface area contributed by atoms with Crippen LogP contribution in [0.4, 0.5) is 0 Å².